The van der Waals surface area contributed by atoms with E-state index < -0.39 is 15.8 Å². The van der Waals surface area contributed by atoms with E-state index in [0.29, 0.717) is 12.8 Å². The number of sulfonamides is 1. The second-order valence-corrected chi connectivity index (χ2v) is 9.36. The number of nitrogens with one attached hydrogen (secondary N) is 1. The lowest BCUT2D eigenvalue weighted by Crippen LogP contribution is -2.41. The quantitative estimate of drug-likeness (QED) is 0.733. The van der Waals surface area contributed by atoms with Crippen molar-refractivity contribution in [1.29, 1.82) is 0 Å². The van der Waals surface area contributed by atoms with Crippen LogP contribution >= 0.6 is 0 Å². The monoisotopic (exact) mass is 418 g/mol. The summed E-state index contributed by atoms with van der Waals surface area (Å²) in [6, 6.07) is 12.7. The minimum atomic E-state index is -3.66. The van der Waals surface area contributed by atoms with E-state index in [-0.39, 0.29) is 29.8 Å². The molecular weight excluding hydrogens is 391 g/mol. The summed E-state index contributed by atoms with van der Waals surface area (Å²) in [5.74, 6) is -0.780. The molecule has 0 radical (unpaired) electrons. The molecule has 0 saturated carbocycles. The van der Waals surface area contributed by atoms with Gasteiger partial charge in [0.25, 0.3) is 0 Å². The van der Waals surface area contributed by atoms with Gasteiger partial charge in [-0.05, 0) is 67.6 Å². The molecule has 1 aliphatic rings. The first-order chi connectivity index (χ1) is 13.9. The first-order valence-electron chi connectivity index (χ1n) is 10.1. The van der Waals surface area contributed by atoms with Crippen molar-refractivity contribution in [3.05, 3.63) is 59.9 Å². The summed E-state index contributed by atoms with van der Waals surface area (Å²) in [4.78, 5) is 12.6. The number of hydrogen-bond acceptors (Lipinski definition) is 3. The molecule has 0 bridgehead atoms. The molecule has 1 fully saturated rings. The molecule has 0 spiro atoms. The summed E-state index contributed by atoms with van der Waals surface area (Å²) in [7, 11) is -3.66. The van der Waals surface area contributed by atoms with Gasteiger partial charge in [0.05, 0.1) is 4.90 Å². The molecule has 29 heavy (non-hydrogen) atoms. The molecule has 5 nitrogen and oxygen atoms in total. The Morgan fingerprint density at radius 3 is 2.28 bits per heavy atom. The summed E-state index contributed by atoms with van der Waals surface area (Å²) in [5.41, 5.74) is 2.01. The van der Waals surface area contributed by atoms with E-state index in [2.05, 4.69) is 12.2 Å². The molecule has 1 N–H and O–H groups in total. The van der Waals surface area contributed by atoms with Crippen LogP contribution in [0.1, 0.15) is 38.2 Å². The van der Waals surface area contributed by atoms with Gasteiger partial charge in [-0.15, -0.1) is 0 Å². The van der Waals surface area contributed by atoms with E-state index in [1.165, 1.54) is 22.0 Å². The van der Waals surface area contributed by atoms with E-state index in [1.807, 2.05) is 24.3 Å². The summed E-state index contributed by atoms with van der Waals surface area (Å²) < 4.78 is 39.8. The highest BCUT2D eigenvalue weighted by Crippen LogP contribution is 2.25. The maximum Gasteiger partial charge on any atom is 0.243 e. The van der Waals surface area contributed by atoms with Gasteiger partial charge in [-0.2, -0.15) is 4.31 Å². The van der Waals surface area contributed by atoms with Gasteiger partial charge in [0.15, 0.2) is 0 Å². The summed E-state index contributed by atoms with van der Waals surface area (Å²) in [5, 5.41) is 2.94. The van der Waals surface area contributed by atoms with Crippen LogP contribution in [0, 0.1) is 11.7 Å². The number of aryl methyl sites for hydroxylation is 1. The predicted octanol–water partition coefficient (Wildman–Crippen LogP) is 4.21. The van der Waals surface area contributed by atoms with Crippen LogP contribution in [-0.4, -0.2) is 31.7 Å². The van der Waals surface area contributed by atoms with Crippen LogP contribution in [0.3, 0.4) is 0 Å². The topological polar surface area (TPSA) is 66.5 Å². The van der Waals surface area contributed by atoms with Crippen molar-refractivity contribution < 1.29 is 17.6 Å². The van der Waals surface area contributed by atoms with Crippen LogP contribution in [0.15, 0.2) is 53.4 Å². The number of anilines is 1. The molecule has 1 heterocycles. The van der Waals surface area contributed by atoms with Crippen LogP contribution in [0.2, 0.25) is 0 Å². The molecule has 0 unspecified atom stereocenters. The third kappa shape index (κ3) is 5.42. The molecule has 1 amide bonds. The molecular formula is C22H27FN2O3S. The van der Waals surface area contributed by atoms with Crippen molar-refractivity contribution in [2.75, 3.05) is 18.4 Å². The molecule has 2 aromatic carbocycles. The molecule has 0 atom stereocenters. The number of rotatable bonds is 7. The Hall–Kier alpha value is -2.25. The standard InChI is InChI=1S/C22H27FN2O3S/c1-2-3-4-17-5-9-20(10-6-17)24-22(26)18-13-15-25(16-14-18)29(27,28)21-11-7-19(23)8-12-21/h5-12,18H,2-4,13-16H2,1H3,(H,24,26). The van der Waals surface area contributed by atoms with Gasteiger partial charge >= 0.3 is 0 Å². The molecule has 0 aliphatic carbocycles. The van der Waals surface area contributed by atoms with Gasteiger partial charge in [0.2, 0.25) is 15.9 Å². The maximum absolute atomic E-state index is 13.1. The molecule has 0 aromatic heterocycles. The highest BCUT2D eigenvalue weighted by molar-refractivity contribution is 7.89. The van der Waals surface area contributed by atoms with Crippen molar-refractivity contribution in [1.82, 2.24) is 4.31 Å². The van der Waals surface area contributed by atoms with Crippen molar-refractivity contribution in [2.24, 2.45) is 5.92 Å². The number of carbonyl (C=O) groups excluding carboxylic acids is 1. The minimum absolute atomic E-state index is 0.0740. The van der Waals surface area contributed by atoms with Crippen molar-refractivity contribution >= 4 is 21.6 Å². The van der Waals surface area contributed by atoms with E-state index in [4.69, 9.17) is 0 Å². The van der Waals surface area contributed by atoms with E-state index in [0.717, 1.165) is 37.1 Å². The number of unbranched alkanes of at least 4 members (excludes halogenated alkanes) is 1. The Morgan fingerprint density at radius 1 is 1.07 bits per heavy atom. The zero-order valence-corrected chi connectivity index (χ0v) is 17.4. The van der Waals surface area contributed by atoms with E-state index in [9.17, 15) is 17.6 Å². The summed E-state index contributed by atoms with van der Waals surface area (Å²) in [6.45, 7) is 2.70. The Bertz CT molecular complexity index is 920. The molecule has 3 rings (SSSR count). The van der Waals surface area contributed by atoms with Crippen LogP contribution in [0.25, 0.3) is 0 Å². The number of benzene rings is 2. The third-order valence-electron chi connectivity index (χ3n) is 5.32. The SMILES string of the molecule is CCCCc1ccc(NC(=O)C2CCN(S(=O)(=O)c3ccc(F)cc3)CC2)cc1. The maximum atomic E-state index is 13.1. The summed E-state index contributed by atoms with van der Waals surface area (Å²) >= 11 is 0. The lowest BCUT2D eigenvalue weighted by Gasteiger charge is -2.30. The normalized spacial score (nSPS) is 15.9. The first-order valence-corrected chi connectivity index (χ1v) is 11.5. The van der Waals surface area contributed by atoms with Crippen LogP contribution in [-0.2, 0) is 21.2 Å². The Labute approximate surface area is 172 Å². The van der Waals surface area contributed by atoms with Gasteiger partial charge in [-0.1, -0.05) is 25.5 Å². The van der Waals surface area contributed by atoms with Crippen molar-refractivity contribution in [2.45, 2.75) is 43.9 Å². The Kier molecular flexibility index (Phi) is 7.03. The second-order valence-electron chi connectivity index (χ2n) is 7.42. The number of piperidine rings is 1. The number of hydrogen-bond donors (Lipinski definition) is 1. The van der Waals surface area contributed by atoms with Crippen LogP contribution < -0.4 is 5.32 Å². The average molecular weight is 419 g/mol. The van der Waals surface area contributed by atoms with Gasteiger partial charge in [0.1, 0.15) is 5.82 Å². The van der Waals surface area contributed by atoms with Gasteiger partial charge in [-0.3, -0.25) is 4.79 Å². The number of halogens is 1. The Balaban J connectivity index is 1.54. The zero-order valence-electron chi connectivity index (χ0n) is 16.6. The lowest BCUT2D eigenvalue weighted by molar-refractivity contribution is -0.120. The number of carbonyl (C=O) groups is 1. The fourth-order valence-electron chi connectivity index (χ4n) is 3.49. The lowest BCUT2D eigenvalue weighted by atomic mass is 9.97. The van der Waals surface area contributed by atoms with E-state index in [1.54, 1.807) is 0 Å². The van der Waals surface area contributed by atoms with Crippen molar-refractivity contribution in [3.8, 4) is 0 Å². The van der Waals surface area contributed by atoms with Gasteiger partial charge in [-0.25, -0.2) is 12.8 Å². The van der Waals surface area contributed by atoms with Crippen molar-refractivity contribution in [3.63, 3.8) is 0 Å². The first kappa shape index (κ1) is 21.5. The van der Waals surface area contributed by atoms with E-state index >= 15 is 0 Å². The Morgan fingerprint density at radius 2 is 1.69 bits per heavy atom. The molecule has 1 aliphatic heterocycles. The highest BCUT2D eigenvalue weighted by atomic mass is 32.2. The predicted molar refractivity (Wildman–Crippen MR) is 112 cm³/mol. The molecule has 2 aromatic rings. The van der Waals surface area contributed by atoms with Crippen LogP contribution in [0.5, 0.6) is 0 Å². The zero-order chi connectivity index (χ0) is 20.9. The minimum Gasteiger partial charge on any atom is -0.326 e. The average Bonchev–Trinajstić information content (AvgIpc) is 2.73. The molecule has 156 valence electrons. The number of nitrogens with zero attached hydrogens (tertiary/aromatic N) is 1. The smallest absolute Gasteiger partial charge is 0.243 e. The fraction of sp³-hybridized carbons (Fsp3) is 0.409. The van der Waals surface area contributed by atoms with Crippen LogP contribution in [0.4, 0.5) is 10.1 Å². The second kappa shape index (κ2) is 9.50. The van der Waals surface area contributed by atoms with Gasteiger partial charge < -0.3 is 5.32 Å². The summed E-state index contributed by atoms with van der Waals surface area (Å²) in [6.07, 6.45) is 4.24. The highest BCUT2D eigenvalue weighted by Gasteiger charge is 2.32. The van der Waals surface area contributed by atoms with Gasteiger partial charge in [0, 0.05) is 24.7 Å². The third-order valence-corrected chi connectivity index (χ3v) is 7.23. The number of amides is 1. The largest absolute Gasteiger partial charge is 0.326 e. The molecule has 7 heteroatoms. The fourth-order valence-corrected chi connectivity index (χ4v) is 4.96. The molecule has 1 saturated heterocycles.